The predicted octanol–water partition coefficient (Wildman–Crippen LogP) is 4.92. The fourth-order valence-corrected chi connectivity index (χ4v) is 2.22. The molecular weight excluding hydrogens is 305 g/mol. The maximum Gasteiger partial charge on any atom is 0.134 e. The molecule has 0 fully saturated rings. The first-order valence-electron chi connectivity index (χ1n) is 5.68. The third-order valence-corrected chi connectivity index (χ3v) is 3.55. The smallest absolute Gasteiger partial charge is 0.134 e. The highest BCUT2D eigenvalue weighted by atomic mass is 35.5. The Morgan fingerprint density at radius 3 is 2.42 bits per heavy atom. The number of benzene rings is 1. The van der Waals surface area contributed by atoms with Gasteiger partial charge < -0.3 is 5.32 Å². The van der Waals surface area contributed by atoms with E-state index in [2.05, 4.69) is 15.3 Å². The van der Waals surface area contributed by atoms with Crippen LogP contribution in [0, 0.1) is 6.92 Å². The van der Waals surface area contributed by atoms with Crippen LogP contribution in [0.25, 0.3) is 0 Å². The number of hydrogen-bond donors (Lipinski definition) is 1. The van der Waals surface area contributed by atoms with E-state index in [-0.39, 0.29) is 6.04 Å². The summed E-state index contributed by atoms with van der Waals surface area (Å²) in [7, 11) is 0. The highest BCUT2D eigenvalue weighted by Crippen LogP contribution is 2.27. The van der Waals surface area contributed by atoms with Gasteiger partial charge in [0.2, 0.25) is 0 Å². The molecule has 19 heavy (non-hydrogen) atoms. The number of anilines is 1. The molecule has 6 heteroatoms. The van der Waals surface area contributed by atoms with Crippen molar-refractivity contribution in [2.45, 2.75) is 19.9 Å². The van der Waals surface area contributed by atoms with Gasteiger partial charge in [-0.2, -0.15) is 0 Å². The lowest BCUT2D eigenvalue weighted by molar-refractivity contribution is 0.867. The maximum absolute atomic E-state index is 6.00. The van der Waals surface area contributed by atoms with Crippen molar-refractivity contribution in [1.29, 1.82) is 0 Å². The fourth-order valence-electron chi connectivity index (χ4n) is 1.69. The summed E-state index contributed by atoms with van der Waals surface area (Å²) in [6.07, 6.45) is 0. The van der Waals surface area contributed by atoms with Crippen LogP contribution in [0.2, 0.25) is 15.2 Å². The normalized spacial score (nSPS) is 12.3. The Morgan fingerprint density at radius 1 is 1.05 bits per heavy atom. The van der Waals surface area contributed by atoms with Crippen LogP contribution in [0.3, 0.4) is 0 Å². The molecule has 100 valence electrons. The number of nitrogens with one attached hydrogen (secondary N) is 1. The lowest BCUT2D eigenvalue weighted by Crippen LogP contribution is -2.09. The molecule has 2 aromatic rings. The van der Waals surface area contributed by atoms with E-state index in [1.165, 1.54) is 0 Å². The van der Waals surface area contributed by atoms with E-state index < -0.39 is 0 Å². The zero-order chi connectivity index (χ0) is 14.0. The molecule has 2 rings (SSSR count). The molecule has 0 saturated heterocycles. The largest absolute Gasteiger partial charge is 0.363 e. The van der Waals surface area contributed by atoms with Gasteiger partial charge in [0, 0.05) is 12.1 Å². The van der Waals surface area contributed by atoms with E-state index >= 15 is 0 Å². The van der Waals surface area contributed by atoms with Crippen LogP contribution in [-0.2, 0) is 0 Å². The molecule has 1 atom stereocenters. The van der Waals surface area contributed by atoms with Crippen molar-refractivity contribution in [3.05, 3.63) is 50.9 Å². The summed E-state index contributed by atoms with van der Waals surface area (Å²) in [5.74, 6) is 1.30. The van der Waals surface area contributed by atoms with E-state index in [1.807, 2.05) is 19.1 Å². The van der Waals surface area contributed by atoms with Gasteiger partial charge in [0.1, 0.15) is 16.8 Å². The number of aryl methyl sites for hydroxylation is 1. The summed E-state index contributed by atoms with van der Waals surface area (Å²) in [5.41, 5.74) is 1.02. The molecule has 1 heterocycles. The minimum Gasteiger partial charge on any atom is -0.363 e. The van der Waals surface area contributed by atoms with Crippen molar-refractivity contribution < 1.29 is 0 Å². The number of rotatable bonds is 3. The van der Waals surface area contributed by atoms with Crippen molar-refractivity contribution in [3.8, 4) is 0 Å². The van der Waals surface area contributed by atoms with Crippen LogP contribution < -0.4 is 5.32 Å². The molecule has 1 aromatic carbocycles. The number of hydrogen-bond acceptors (Lipinski definition) is 3. The molecule has 0 unspecified atom stereocenters. The summed E-state index contributed by atoms with van der Waals surface area (Å²) >= 11 is 17.8. The lowest BCUT2D eigenvalue weighted by Gasteiger charge is -2.16. The van der Waals surface area contributed by atoms with Gasteiger partial charge >= 0.3 is 0 Å². The van der Waals surface area contributed by atoms with Crippen molar-refractivity contribution in [2.75, 3.05) is 5.32 Å². The van der Waals surface area contributed by atoms with Crippen LogP contribution in [0.1, 0.15) is 24.4 Å². The van der Waals surface area contributed by atoms with Crippen molar-refractivity contribution in [2.24, 2.45) is 0 Å². The third-order valence-electron chi connectivity index (χ3n) is 2.61. The summed E-state index contributed by atoms with van der Waals surface area (Å²) in [4.78, 5) is 8.29. The highest BCUT2D eigenvalue weighted by Gasteiger charge is 2.09. The third kappa shape index (κ3) is 3.72. The molecule has 3 nitrogen and oxygen atoms in total. The Balaban J connectivity index is 2.20. The minimum atomic E-state index is 0.0279. The van der Waals surface area contributed by atoms with E-state index in [0.29, 0.717) is 26.8 Å². The number of halogens is 3. The van der Waals surface area contributed by atoms with E-state index in [1.54, 1.807) is 19.1 Å². The molecule has 0 radical (unpaired) electrons. The second kappa shape index (κ2) is 5.95. The molecule has 0 bridgehead atoms. The van der Waals surface area contributed by atoms with Gasteiger partial charge in [-0.15, -0.1) is 0 Å². The Morgan fingerprint density at radius 2 is 1.79 bits per heavy atom. The van der Waals surface area contributed by atoms with Gasteiger partial charge in [-0.3, -0.25) is 0 Å². The van der Waals surface area contributed by atoms with Crippen LogP contribution >= 0.6 is 34.8 Å². The predicted molar refractivity (Wildman–Crippen MR) is 80.3 cm³/mol. The first kappa shape index (κ1) is 14.4. The lowest BCUT2D eigenvalue weighted by atomic mass is 10.1. The summed E-state index contributed by atoms with van der Waals surface area (Å²) in [6, 6.07) is 7.23. The average Bonchev–Trinajstić information content (AvgIpc) is 2.31. The second-order valence-electron chi connectivity index (χ2n) is 4.16. The van der Waals surface area contributed by atoms with Crippen molar-refractivity contribution in [1.82, 2.24) is 9.97 Å². The topological polar surface area (TPSA) is 37.8 Å². The van der Waals surface area contributed by atoms with Gasteiger partial charge in [-0.25, -0.2) is 9.97 Å². The van der Waals surface area contributed by atoms with Crippen molar-refractivity contribution >= 4 is 40.6 Å². The van der Waals surface area contributed by atoms with Gasteiger partial charge in [0.05, 0.1) is 10.0 Å². The van der Waals surface area contributed by atoms with E-state index in [9.17, 15) is 0 Å². The number of nitrogens with zero attached hydrogens (tertiary/aromatic N) is 2. The molecule has 0 saturated carbocycles. The number of aromatic nitrogens is 2. The molecular formula is C13H12Cl3N3. The zero-order valence-corrected chi connectivity index (χ0v) is 12.7. The van der Waals surface area contributed by atoms with Crippen molar-refractivity contribution in [3.63, 3.8) is 0 Å². The second-order valence-corrected chi connectivity index (χ2v) is 5.36. The Kier molecular flexibility index (Phi) is 4.50. The monoisotopic (exact) mass is 315 g/mol. The molecule has 0 aliphatic rings. The molecule has 1 aromatic heterocycles. The zero-order valence-electron chi connectivity index (χ0n) is 10.4. The Bertz CT molecular complexity index is 581. The fraction of sp³-hybridized carbons (Fsp3) is 0.231. The van der Waals surface area contributed by atoms with Crippen LogP contribution in [0.5, 0.6) is 0 Å². The summed E-state index contributed by atoms with van der Waals surface area (Å²) in [5, 5.41) is 4.73. The first-order valence-corrected chi connectivity index (χ1v) is 6.82. The maximum atomic E-state index is 6.00. The molecule has 0 aliphatic heterocycles. The summed E-state index contributed by atoms with van der Waals surface area (Å²) < 4.78 is 0. The molecule has 0 spiro atoms. The summed E-state index contributed by atoms with van der Waals surface area (Å²) in [6.45, 7) is 3.80. The van der Waals surface area contributed by atoms with Gasteiger partial charge in [-0.05, 0) is 31.5 Å². The van der Waals surface area contributed by atoms with Crippen LogP contribution in [0.4, 0.5) is 5.82 Å². The van der Waals surface area contributed by atoms with Gasteiger partial charge in [0.25, 0.3) is 0 Å². The van der Waals surface area contributed by atoms with E-state index in [0.717, 1.165) is 5.56 Å². The standard InChI is InChI=1S/C13H12Cl3N3/c1-7(9-3-4-10(14)11(15)5-9)17-13-6-12(16)18-8(2)19-13/h3-7H,1-2H3,(H,17,18,19)/t7-/m1/s1. The SMILES string of the molecule is Cc1nc(Cl)cc(N[C@H](C)c2ccc(Cl)c(Cl)c2)n1. The van der Waals surface area contributed by atoms with Crippen LogP contribution in [0.15, 0.2) is 24.3 Å². The molecule has 0 aliphatic carbocycles. The Hall–Kier alpha value is -1.03. The minimum absolute atomic E-state index is 0.0279. The Labute approximate surface area is 126 Å². The van der Waals surface area contributed by atoms with Gasteiger partial charge in [0.15, 0.2) is 0 Å². The highest BCUT2D eigenvalue weighted by molar-refractivity contribution is 6.42. The molecule has 0 amide bonds. The van der Waals surface area contributed by atoms with E-state index in [4.69, 9.17) is 34.8 Å². The quantitative estimate of drug-likeness (QED) is 0.817. The van der Waals surface area contributed by atoms with Gasteiger partial charge in [-0.1, -0.05) is 40.9 Å². The first-order chi connectivity index (χ1) is 8.95. The van der Waals surface area contributed by atoms with Crippen LogP contribution in [-0.4, -0.2) is 9.97 Å². The average molecular weight is 317 g/mol. The molecule has 1 N–H and O–H groups in total.